The standard InChI is InChI=1S/C15H15BrN2O/c1-9-3-6-15(13(16)7-9)18-11-4-5-14(17)12(8-11)10(2)19/h3-8,18H,17H2,1-2H3. The molecule has 3 N–H and O–H groups in total. The molecule has 0 heterocycles. The van der Waals surface area contributed by atoms with Gasteiger partial charge in [-0.25, -0.2) is 0 Å². The van der Waals surface area contributed by atoms with Crippen molar-refractivity contribution in [3.05, 3.63) is 52.0 Å². The van der Waals surface area contributed by atoms with E-state index in [0.29, 0.717) is 11.3 Å². The van der Waals surface area contributed by atoms with Crippen molar-refractivity contribution in [3.8, 4) is 0 Å². The van der Waals surface area contributed by atoms with Crippen molar-refractivity contribution in [2.75, 3.05) is 11.1 Å². The molecular formula is C15H15BrN2O. The van der Waals surface area contributed by atoms with Crippen LogP contribution in [0.2, 0.25) is 0 Å². The minimum absolute atomic E-state index is 0.0379. The van der Waals surface area contributed by atoms with Crippen LogP contribution < -0.4 is 11.1 Å². The maximum atomic E-state index is 11.5. The highest BCUT2D eigenvalue weighted by Crippen LogP contribution is 2.28. The van der Waals surface area contributed by atoms with Crippen LogP contribution in [0, 0.1) is 6.92 Å². The Morgan fingerprint density at radius 3 is 2.58 bits per heavy atom. The van der Waals surface area contributed by atoms with E-state index in [4.69, 9.17) is 5.73 Å². The lowest BCUT2D eigenvalue weighted by Gasteiger charge is -2.11. The maximum Gasteiger partial charge on any atom is 0.161 e. The number of Topliss-reactive ketones (excluding diaryl/α,β-unsaturated/α-hetero) is 1. The first-order valence-corrected chi connectivity index (χ1v) is 6.70. The van der Waals surface area contributed by atoms with Crippen LogP contribution in [0.3, 0.4) is 0 Å². The van der Waals surface area contributed by atoms with Gasteiger partial charge in [-0.05, 0) is 65.7 Å². The van der Waals surface area contributed by atoms with E-state index < -0.39 is 0 Å². The zero-order valence-corrected chi connectivity index (χ0v) is 12.4. The monoisotopic (exact) mass is 318 g/mol. The van der Waals surface area contributed by atoms with Crippen molar-refractivity contribution in [2.24, 2.45) is 0 Å². The average molecular weight is 319 g/mol. The van der Waals surface area contributed by atoms with Crippen molar-refractivity contribution >= 4 is 38.8 Å². The van der Waals surface area contributed by atoms with Crippen LogP contribution in [-0.4, -0.2) is 5.78 Å². The van der Waals surface area contributed by atoms with Crippen LogP contribution in [0.4, 0.5) is 17.1 Å². The molecule has 0 unspecified atom stereocenters. The predicted molar refractivity (Wildman–Crippen MR) is 83.0 cm³/mol. The van der Waals surface area contributed by atoms with E-state index in [0.717, 1.165) is 15.8 Å². The zero-order chi connectivity index (χ0) is 14.0. The van der Waals surface area contributed by atoms with Crippen molar-refractivity contribution in [1.29, 1.82) is 0 Å². The van der Waals surface area contributed by atoms with E-state index in [1.54, 1.807) is 12.1 Å². The second-order valence-corrected chi connectivity index (χ2v) is 5.32. The molecule has 3 nitrogen and oxygen atoms in total. The number of ketones is 1. The summed E-state index contributed by atoms with van der Waals surface area (Å²) >= 11 is 3.51. The molecule has 4 heteroatoms. The van der Waals surface area contributed by atoms with E-state index in [9.17, 15) is 4.79 Å². The summed E-state index contributed by atoms with van der Waals surface area (Å²) in [5.74, 6) is -0.0379. The van der Waals surface area contributed by atoms with Crippen molar-refractivity contribution < 1.29 is 4.79 Å². The van der Waals surface area contributed by atoms with E-state index >= 15 is 0 Å². The molecule has 0 aliphatic rings. The van der Waals surface area contributed by atoms with Gasteiger partial charge in [-0.15, -0.1) is 0 Å². The van der Waals surface area contributed by atoms with E-state index in [2.05, 4.69) is 21.2 Å². The number of nitrogens with two attached hydrogens (primary N) is 1. The first kappa shape index (κ1) is 13.6. The van der Waals surface area contributed by atoms with Gasteiger partial charge < -0.3 is 11.1 Å². The van der Waals surface area contributed by atoms with Gasteiger partial charge >= 0.3 is 0 Å². The molecule has 2 aromatic rings. The Balaban J connectivity index is 2.33. The van der Waals surface area contributed by atoms with E-state index in [1.165, 1.54) is 12.5 Å². The quantitative estimate of drug-likeness (QED) is 0.655. The first-order chi connectivity index (χ1) is 8.97. The molecule has 0 aromatic heterocycles. The van der Waals surface area contributed by atoms with Gasteiger partial charge in [0.2, 0.25) is 0 Å². The van der Waals surface area contributed by atoms with Crippen LogP contribution in [0.15, 0.2) is 40.9 Å². The highest BCUT2D eigenvalue weighted by Gasteiger charge is 2.07. The highest BCUT2D eigenvalue weighted by atomic mass is 79.9. The van der Waals surface area contributed by atoms with Crippen LogP contribution in [0.25, 0.3) is 0 Å². The van der Waals surface area contributed by atoms with Crippen molar-refractivity contribution in [1.82, 2.24) is 0 Å². The summed E-state index contributed by atoms with van der Waals surface area (Å²) in [6.45, 7) is 3.54. The summed E-state index contributed by atoms with van der Waals surface area (Å²) in [7, 11) is 0. The smallest absolute Gasteiger partial charge is 0.161 e. The molecule has 0 fully saturated rings. The minimum atomic E-state index is -0.0379. The second kappa shape index (κ2) is 5.45. The molecule has 2 aromatic carbocycles. The molecule has 19 heavy (non-hydrogen) atoms. The van der Waals surface area contributed by atoms with Gasteiger partial charge in [-0.2, -0.15) is 0 Å². The fourth-order valence-electron chi connectivity index (χ4n) is 1.82. The molecule has 0 bridgehead atoms. The van der Waals surface area contributed by atoms with Gasteiger partial charge in [-0.1, -0.05) is 6.07 Å². The van der Waals surface area contributed by atoms with Gasteiger partial charge in [0.05, 0.1) is 5.69 Å². The summed E-state index contributed by atoms with van der Waals surface area (Å²) in [6.07, 6.45) is 0. The number of hydrogen-bond acceptors (Lipinski definition) is 3. The number of benzene rings is 2. The Hall–Kier alpha value is -1.81. The number of nitrogen functional groups attached to an aromatic ring is 1. The van der Waals surface area contributed by atoms with Gasteiger partial charge in [0, 0.05) is 21.4 Å². The molecule has 0 aliphatic heterocycles. The first-order valence-electron chi connectivity index (χ1n) is 5.91. The Bertz CT molecular complexity index is 638. The average Bonchev–Trinajstić information content (AvgIpc) is 2.34. The number of hydrogen-bond donors (Lipinski definition) is 2. The maximum absolute atomic E-state index is 11.5. The molecule has 2 rings (SSSR count). The third kappa shape index (κ3) is 3.15. The van der Waals surface area contributed by atoms with Gasteiger partial charge in [0.15, 0.2) is 5.78 Å². The molecule has 98 valence electrons. The number of aryl methyl sites for hydroxylation is 1. The molecular weight excluding hydrogens is 304 g/mol. The van der Waals surface area contributed by atoms with E-state index in [1.807, 2.05) is 31.2 Å². The molecule has 0 atom stereocenters. The predicted octanol–water partition coefficient (Wildman–Crippen LogP) is 4.29. The number of nitrogens with one attached hydrogen (secondary N) is 1. The SMILES string of the molecule is CC(=O)c1cc(Nc2ccc(C)cc2Br)ccc1N. The lowest BCUT2D eigenvalue weighted by molar-refractivity contribution is 0.101. The molecule has 0 radical (unpaired) electrons. The van der Waals surface area contributed by atoms with Gasteiger partial charge in [0.25, 0.3) is 0 Å². The normalized spacial score (nSPS) is 10.3. The minimum Gasteiger partial charge on any atom is -0.398 e. The molecule has 0 saturated carbocycles. The summed E-state index contributed by atoms with van der Waals surface area (Å²) in [4.78, 5) is 11.5. The molecule has 0 amide bonds. The van der Waals surface area contributed by atoms with Crippen LogP contribution in [0.1, 0.15) is 22.8 Å². The summed E-state index contributed by atoms with van der Waals surface area (Å²) in [6, 6.07) is 11.4. The Kier molecular flexibility index (Phi) is 3.90. The van der Waals surface area contributed by atoms with Gasteiger partial charge in [-0.3, -0.25) is 4.79 Å². The molecule has 0 aliphatic carbocycles. The Labute approximate surface area is 121 Å². The zero-order valence-electron chi connectivity index (χ0n) is 10.8. The highest BCUT2D eigenvalue weighted by molar-refractivity contribution is 9.10. The molecule has 0 saturated heterocycles. The third-order valence-electron chi connectivity index (χ3n) is 2.84. The Morgan fingerprint density at radius 2 is 1.95 bits per heavy atom. The van der Waals surface area contributed by atoms with Crippen LogP contribution >= 0.6 is 15.9 Å². The lowest BCUT2D eigenvalue weighted by atomic mass is 10.1. The number of carbonyl (C=O) groups excluding carboxylic acids is 1. The second-order valence-electron chi connectivity index (χ2n) is 4.47. The lowest BCUT2D eigenvalue weighted by Crippen LogP contribution is -2.01. The summed E-state index contributed by atoms with van der Waals surface area (Å²) in [5.41, 5.74) is 9.78. The number of anilines is 3. The fourth-order valence-corrected chi connectivity index (χ4v) is 2.41. The van der Waals surface area contributed by atoms with Crippen molar-refractivity contribution in [2.45, 2.75) is 13.8 Å². The van der Waals surface area contributed by atoms with Crippen molar-refractivity contribution in [3.63, 3.8) is 0 Å². The topological polar surface area (TPSA) is 55.1 Å². The number of rotatable bonds is 3. The van der Waals surface area contributed by atoms with Crippen LogP contribution in [0.5, 0.6) is 0 Å². The summed E-state index contributed by atoms with van der Waals surface area (Å²) < 4.78 is 0.980. The van der Waals surface area contributed by atoms with E-state index in [-0.39, 0.29) is 5.78 Å². The summed E-state index contributed by atoms with van der Waals surface area (Å²) in [5, 5.41) is 3.27. The third-order valence-corrected chi connectivity index (χ3v) is 3.49. The number of halogens is 1. The van der Waals surface area contributed by atoms with Crippen LogP contribution in [-0.2, 0) is 0 Å². The largest absolute Gasteiger partial charge is 0.398 e. The fraction of sp³-hybridized carbons (Fsp3) is 0.133. The number of carbonyl (C=O) groups is 1. The van der Waals surface area contributed by atoms with Gasteiger partial charge in [0.1, 0.15) is 0 Å². The Morgan fingerprint density at radius 1 is 1.21 bits per heavy atom. The molecule has 0 spiro atoms.